The van der Waals surface area contributed by atoms with Crippen LogP contribution in [0.2, 0.25) is 0 Å². The van der Waals surface area contributed by atoms with Gasteiger partial charge in [0.15, 0.2) is 6.10 Å². The molecule has 160 valence electrons. The molecule has 1 amide bonds. The molecular weight excluding hydrogens is 384 g/mol. The van der Waals surface area contributed by atoms with Crippen molar-refractivity contribution in [2.45, 2.75) is 36.9 Å². The maximum atomic E-state index is 13.8. The number of ether oxygens (including phenoxy) is 1. The highest BCUT2D eigenvalue weighted by molar-refractivity contribution is 5.83. The molecule has 1 aliphatic heterocycles. The molecule has 0 unspecified atom stereocenters. The van der Waals surface area contributed by atoms with Crippen LogP contribution < -0.4 is 5.73 Å². The summed E-state index contributed by atoms with van der Waals surface area (Å²) in [6, 6.07) is 30.6. The molecule has 0 radical (unpaired) electrons. The number of likely N-dealkylation sites (tertiary alicyclic amines) is 1. The number of nitrogens with two attached hydrogens (primary N) is 1. The van der Waals surface area contributed by atoms with Gasteiger partial charge < -0.3 is 15.4 Å². The van der Waals surface area contributed by atoms with Gasteiger partial charge >= 0.3 is 0 Å². The summed E-state index contributed by atoms with van der Waals surface area (Å²) < 4.78 is 5.69. The number of piperidine rings is 1. The summed E-state index contributed by atoms with van der Waals surface area (Å²) in [5.74, 6) is 0.0536. The molecule has 0 spiro atoms. The van der Waals surface area contributed by atoms with Crippen molar-refractivity contribution in [2.24, 2.45) is 5.73 Å². The van der Waals surface area contributed by atoms with E-state index in [0.29, 0.717) is 6.54 Å². The number of hydrogen-bond donors (Lipinski definition) is 1. The third kappa shape index (κ3) is 4.71. The molecule has 31 heavy (non-hydrogen) atoms. The van der Waals surface area contributed by atoms with Crippen molar-refractivity contribution in [3.05, 3.63) is 108 Å². The highest BCUT2D eigenvalue weighted by atomic mass is 16.5. The van der Waals surface area contributed by atoms with Crippen molar-refractivity contribution in [3.63, 3.8) is 0 Å². The van der Waals surface area contributed by atoms with Crippen LogP contribution in [0.25, 0.3) is 0 Å². The lowest BCUT2D eigenvalue weighted by atomic mass is 9.79. The van der Waals surface area contributed by atoms with E-state index in [0.717, 1.165) is 18.4 Å². The van der Waals surface area contributed by atoms with Crippen molar-refractivity contribution < 1.29 is 9.53 Å². The summed E-state index contributed by atoms with van der Waals surface area (Å²) in [5, 5.41) is 0. The molecule has 4 rings (SSSR count). The van der Waals surface area contributed by atoms with Crippen molar-refractivity contribution in [1.29, 1.82) is 0 Å². The van der Waals surface area contributed by atoms with E-state index in [9.17, 15) is 4.79 Å². The molecule has 0 saturated carbocycles. The zero-order chi connectivity index (χ0) is 21.6. The fourth-order valence-electron chi connectivity index (χ4n) is 4.74. The van der Waals surface area contributed by atoms with Gasteiger partial charge in [-0.1, -0.05) is 91.0 Å². The fraction of sp³-hybridized carbons (Fsp3) is 0.296. The Morgan fingerprint density at radius 3 is 1.81 bits per heavy atom. The molecule has 0 bridgehead atoms. The van der Waals surface area contributed by atoms with Crippen LogP contribution in [0.3, 0.4) is 0 Å². The summed E-state index contributed by atoms with van der Waals surface area (Å²) in [6.45, 7) is 0.534. The van der Waals surface area contributed by atoms with Gasteiger partial charge in [0, 0.05) is 31.7 Å². The summed E-state index contributed by atoms with van der Waals surface area (Å²) in [6.07, 6.45) is 1.11. The Kier molecular flexibility index (Phi) is 6.80. The first-order valence-electron chi connectivity index (χ1n) is 10.9. The second-order valence-corrected chi connectivity index (χ2v) is 8.22. The van der Waals surface area contributed by atoms with E-state index >= 15 is 0 Å². The van der Waals surface area contributed by atoms with Gasteiger partial charge in [0.2, 0.25) is 0 Å². The largest absolute Gasteiger partial charge is 0.367 e. The minimum atomic E-state index is -0.638. The Labute approximate surface area is 184 Å². The normalized spacial score (nSPS) is 19.9. The first-order chi connectivity index (χ1) is 15.2. The van der Waals surface area contributed by atoms with Gasteiger partial charge in [-0.2, -0.15) is 0 Å². The number of benzene rings is 3. The van der Waals surface area contributed by atoms with Crippen LogP contribution in [0.15, 0.2) is 91.0 Å². The third-order valence-corrected chi connectivity index (χ3v) is 6.21. The molecular formula is C27H30N2O2. The third-order valence-electron chi connectivity index (χ3n) is 6.21. The smallest absolute Gasteiger partial charge is 0.256 e. The number of rotatable bonds is 6. The molecule has 3 aromatic rings. The molecule has 0 aromatic heterocycles. The molecule has 1 fully saturated rings. The molecule has 4 nitrogen and oxygen atoms in total. The maximum absolute atomic E-state index is 13.8. The minimum absolute atomic E-state index is 0.0125. The second kappa shape index (κ2) is 9.90. The molecule has 3 aromatic carbocycles. The van der Waals surface area contributed by atoms with E-state index in [-0.39, 0.29) is 23.9 Å². The summed E-state index contributed by atoms with van der Waals surface area (Å²) in [7, 11) is 1.60. The van der Waals surface area contributed by atoms with Crippen molar-refractivity contribution in [2.75, 3.05) is 13.7 Å². The van der Waals surface area contributed by atoms with E-state index < -0.39 is 6.10 Å². The van der Waals surface area contributed by atoms with Gasteiger partial charge in [0.25, 0.3) is 5.91 Å². The average Bonchev–Trinajstić information content (AvgIpc) is 2.83. The molecule has 2 N–H and O–H groups in total. The van der Waals surface area contributed by atoms with Crippen LogP contribution in [0.4, 0.5) is 0 Å². The van der Waals surface area contributed by atoms with Crippen LogP contribution in [0.5, 0.6) is 0 Å². The molecule has 0 aliphatic carbocycles. The highest BCUT2D eigenvalue weighted by Gasteiger charge is 2.39. The number of carbonyl (C=O) groups excluding carboxylic acids is 1. The van der Waals surface area contributed by atoms with Gasteiger partial charge in [-0.05, 0) is 29.5 Å². The second-order valence-electron chi connectivity index (χ2n) is 8.22. The zero-order valence-corrected chi connectivity index (χ0v) is 17.9. The maximum Gasteiger partial charge on any atom is 0.256 e. The molecule has 1 heterocycles. The topological polar surface area (TPSA) is 55.6 Å². The zero-order valence-electron chi connectivity index (χ0n) is 17.9. The van der Waals surface area contributed by atoms with Crippen LogP contribution >= 0.6 is 0 Å². The number of carbonyl (C=O) groups is 1. The Balaban J connectivity index is 1.73. The van der Waals surface area contributed by atoms with Crippen LogP contribution in [-0.4, -0.2) is 36.5 Å². The standard InChI is InChI=1S/C27H30N2O2/c1-31-26(22-15-9-4-10-16-22)27(30)29-19-23(28)17-18-24(29)25(20-11-5-2-6-12-20)21-13-7-3-8-14-21/h2-16,23-26H,17-19,28H2,1H3/t23-,24-,26-/m1/s1. The van der Waals surface area contributed by atoms with Crippen molar-refractivity contribution >= 4 is 5.91 Å². The van der Waals surface area contributed by atoms with Gasteiger partial charge in [-0.25, -0.2) is 0 Å². The summed E-state index contributed by atoms with van der Waals surface area (Å²) in [5.41, 5.74) is 9.63. The first kappa shape index (κ1) is 21.3. The van der Waals surface area contributed by atoms with E-state index in [2.05, 4.69) is 48.5 Å². The Morgan fingerprint density at radius 2 is 1.32 bits per heavy atom. The van der Waals surface area contributed by atoms with E-state index in [4.69, 9.17) is 10.5 Å². The lowest BCUT2D eigenvalue weighted by Gasteiger charge is -2.44. The van der Waals surface area contributed by atoms with Crippen LogP contribution in [-0.2, 0) is 9.53 Å². The van der Waals surface area contributed by atoms with E-state index in [1.165, 1.54) is 11.1 Å². The Hall–Kier alpha value is -2.95. The Morgan fingerprint density at radius 1 is 0.839 bits per heavy atom. The monoisotopic (exact) mass is 414 g/mol. The van der Waals surface area contributed by atoms with Crippen molar-refractivity contribution in [1.82, 2.24) is 4.90 Å². The fourth-order valence-corrected chi connectivity index (χ4v) is 4.74. The van der Waals surface area contributed by atoms with Gasteiger partial charge in [-0.15, -0.1) is 0 Å². The molecule has 1 aliphatic rings. The first-order valence-corrected chi connectivity index (χ1v) is 10.9. The quantitative estimate of drug-likeness (QED) is 0.645. The van der Waals surface area contributed by atoms with Gasteiger partial charge in [0.1, 0.15) is 0 Å². The number of methoxy groups -OCH3 is 1. The lowest BCUT2D eigenvalue weighted by Crippen LogP contribution is -2.54. The van der Waals surface area contributed by atoms with Gasteiger partial charge in [0.05, 0.1) is 0 Å². The number of amides is 1. The van der Waals surface area contributed by atoms with Crippen LogP contribution in [0.1, 0.15) is 41.6 Å². The summed E-state index contributed by atoms with van der Waals surface area (Å²) >= 11 is 0. The number of hydrogen-bond acceptors (Lipinski definition) is 3. The lowest BCUT2D eigenvalue weighted by molar-refractivity contribution is -0.147. The van der Waals surface area contributed by atoms with Crippen molar-refractivity contribution in [3.8, 4) is 0 Å². The molecule has 1 saturated heterocycles. The predicted octanol–water partition coefficient (Wildman–Crippen LogP) is 4.52. The van der Waals surface area contributed by atoms with Gasteiger partial charge in [-0.3, -0.25) is 4.79 Å². The summed E-state index contributed by atoms with van der Waals surface area (Å²) in [4.78, 5) is 15.8. The number of nitrogens with zero attached hydrogens (tertiary/aromatic N) is 1. The average molecular weight is 415 g/mol. The Bertz CT molecular complexity index is 923. The minimum Gasteiger partial charge on any atom is -0.367 e. The van der Waals surface area contributed by atoms with E-state index in [1.54, 1.807) is 7.11 Å². The highest BCUT2D eigenvalue weighted by Crippen LogP contribution is 2.37. The van der Waals surface area contributed by atoms with E-state index in [1.807, 2.05) is 47.4 Å². The molecule has 4 heteroatoms. The predicted molar refractivity (Wildman–Crippen MR) is 124 cm³/mol. The van der Waals surface area contributed by atoms with Crippen LogP contribution in [0, 0.1) is 0 Å². The molecule has 3 atom stereocenters. The SMILES string of the molecule is CO[C@@H](C(=O)N1C[C@H](N)CC[C@@H]1C(c1ccccc1)c1ccccc1)c1ccccc1.